The van der Waals surface area contributed by atoms with E-state index in [0.717, 1.165) is 16.5 Å². The molecular formula is C26H19FN2O3. The summed E-state index contributed by atoms with van der Waals surface area (Å²) in [5.41, 5.74) is 2.42. The van der Waals surface area contributed by atoms with Gasteiger partial charge >= 0.3 is 5.97 Å². The molecule has 0 bridgehead atoms. The van der Waals surface area contributed by atoms with Gasteiger partial charge in [-0.3, -0.25) is 9.78 Å². The van der Waals surface area contributed by atoms with E-state index in [1.54, 1.807) is 42.6 Å². The Morgan fingerprint density at radius 1 is 0.906 bits per heavy atom. The highest BCUT2D eigenvalue weighted by Gasteiger charge is 2.24. The summed E-state index contributed by atoms with van der Waals surface area (Å²) < 4.78 is 18.6. The summed E-state index contributed by atoms with van der Waals surface area (Å²) in [6, 6.07) is 23.5. The number of halogens is 1. The van der Waals surface area contributed by atoms with Crippen molar-refractivity contribution >= 4 is 34.5 Å². The molecule has 0 saturated carbocycles. The van der Waals surface area contributed by atoms with Crippen LogP contribution in [-0.2, 0) is 14.3 Å². The molecule has 0 aliphatic rings. The molecule has 0 fully saturated rings. The first-order valence-electron chi connectivity index (χ1n) is 9.94. The van der Waals surface area contributed by atoms with Gasteiger partial charge in [-0.05, 0) is 36.4 Å². The fourth-order valence-corrected chi connectivity index (χ4v) is 3.22. The molecule has 0 radical (unpaired) electrons. The molecular weight excluding hydrogens is 407 g/mol. The maximum atomic E-state index is 13.1. The molecule has 1 atom stereocenters. The highest BCUT2D eigenvalue weighted by molar-refractivity contribution is 5.98. The molecule has 0 aliphatic carbocycles. The molecule has 1 heterocycles. The van der Waals surface area contributed by atoms with E-state index in [4.69, 9.17) is 4.74 Å². The van der Waals surface area contributed by atoms with E-state index in [1.165, 1.54) is 30.3 Å². The van der Waals surface area contributed by atoms with Crippen LogP contribution in [0.4, 0.5) is 10.1 Å². The van der Waals surface area contributed by atoms with Crippen molar-refractivity contribution in [3.8, 4) is 0 Å². The predicted molar refractivity (Wildman–Crippen MR) is 121 cm³/mol. The lowest BCUT2D eigenvalue weighted by molar-refractivity contribution is -0.149. The van der Waals surface area contributed by atoms with Crippen molar-refractivity contribution in [1.29, 1.82) is 0 Å². The highest BCUT2D eigenvalue weighted by Crippen LogP contribution is 2.22. The summed E-state index contributed by atoms with van der Waals surface area (Å²) >= 11 is 0. The summed E-state index contributed by atoms with van der Waals surface area (Å²) in [5.74, 6) is -1.64. The number of para-hydroxylation sites is 1. The number of fused-ring (bicyclic) bond motifs is 1. The molecule has 1 N–H and O–H groups in total. The Morgan fingerprint density at radius 2 is 1.66 bits per heavy atom. The van der Waals surface area contributed by atoms with Gasteiger partial charge in [0.1, 0.15) is 5.82 Å². The van der Waals surface area contributed by atoms with Crippen molar-refractivity contribution in [3.63, 3.8) is 0 Å². The Bertz CT molecular complexity index is 1270. The predicted octanol–water partition coefficient (Wildman–Crippen LogP) is 5.31. The third-order valence-corrected chi connectivity index (χ3v) is 4.75. The third kappa shape index (κ3) is 5.05. The largest absolute Gasteiger partial charge is 0.444 e. The molecule has 1 aromatic heterocycles. The number of benzene rings is 3. The molecule has 3 aromatic carbocycles. The fourth-order valence-electron chi connectivity index (χ4n) is 3.22. The molecule has 5 nitrogen and oxygen atoms in total. The number of ether oxygens (including phenoxy) is 1. The minimum Gasteiger partial charge on any atom is -0.444 e. The van der Waals surface area contributed by atoms with Gasteiger partial charge in [-0.15, -0.1) is 0 Å². The van der Waals surface area contributed by atoms with E-state index < -0.39 is 23.8 Å². The zero-order chi connectivity index (χ0) is 22.3. The molecule has 0 saturated heterocycles. The Kier molecular flexibility index (Phi) is 6.32. The quantitative estimate of drug-likeness (QED) is 0.335. The fraction of sp³-hybridized carbons (Fsp3) is 0.0385. The number of amides is 1. The lowest BCUT2D eigenvalue weighted by Crippen LogP contribution is -2.25. The van der Waals surface area contributed by atoms with E-state index in [1.807, 2.05) is 30.3 Å². The lowest BCUT2D eigenvalue weighted by atomic mass is 10.1. The SMILES string of the molecule is O=C(/C=C/c1cccc2cccnc12)OC(C(=O)Nc1ccc(F)cc1)c1ccccc1. The van der Waals surface area contributed by atoms with Crippen LogP contribution in [-0.4, -0.2) is 16.9 Å². The number of rotatable bonds is 6. The van der Waals surface area contributed by atoms with Crippen molar-refractivity contribution < 1.29 is 18.7 Å². The standard InChI is InChI=1S/C26H19FN2O3/c27-21-12-14-22(15-13-21)29-26(31)25(20-6-2-1-3-7-20)32-23(30)16-11-19-9-4-8-18-10-5-17-28-24(18)19/h1-17,25H,(H,29,31)/b16-11+. The minimum atomic E-state index is -1.18. The summed E-state index contributed by atoms with van der Waals surface area (Å²) in [5, 5.41) is 3.60. The zero-order valence-electron chi connectivity index (χ0n) is 16.9. The average Bonchev–Trinajstić information content (AvgIpc) is 2.83. The lowest BCUT2D eigenvalue weighted by Gasteiger charge is -2.17. The third-order valence-electron chi connectivity index (χ3n) is 4.75. The van der Waals surface area contributed by atoms with Crippen LogP contribution < -0.4 is 5.32 Å². The van der Waals surface area contributed by atoms with Gasteiger partial charge in [-0.25, -0.2) is 9.18 Å². The Labute approximate surface area is 184 Å². The molecule has 158 valence electrons. The van der Waals surface area contributed by atoms with E-state index in [0.29, 0.717) is 11.3 Å². The van der Waals surface area contributed by atoms with Gasteiger partial charge in [0.15, 0.2) is 0 Å². The molecule has 4 aromatic rings. The molecule has 1 amide bonds. The number of esters is 1. The van der Waals surface area contributed by atoms with Crippen molar-refractivity contribution in [2.24, 2.45) is 0 Å². The topological polar surface area (TPSA) is 68.3 Å². The normalized spacial score (nSPS) is 11.9. The highest BCUT2D eigenvalue weighted by atomic mass is 19.1. The number of nitrogens with zero attached hydrogens (tertiary/aromatic N) is 1. The second-order valence-corrected chi connectivity index (χ2v) is 6.98. The average molecular weight is 426 g/mol. The second-order valence-electron chi connectivity index (χ2n) is 6.98. The molecule has 4 rings (SSSR count). The molecule has 6 heteroatoms. The van der Waals surface area contributed by atoms with Gasteiger partial charge in [0.05, 0.1) is 5.52 Å². The number of nitrogens with one attached hydrogen (secondary N) is 1. The van der Waals surface area contributed by atoms with Crippen LogP contribution in [0.25, 0.3) is 17.0 Å². The van der Waals surface area contributed by atoms with E-state index in [-0.39, 0.29) is 0 Å². The van der Waals surface area contributed by atoms with E-state index in [9.17, 15) is 14.0 Å². The summed E-state index contributed by atoms with van der Waals surface area (Å²) in [7, 11) is 0. The maximum Gasteiger partial charge on any atom is 0.331 e. The number of carbonyl (C=O) groups excluding carboxylic acids is 2. The molecule has 32 heavy (non-hydrogen) atoms. The number of hydrogen-bond acceptors (Lipinski definition) is 4. The van der Waals surface area contributed by atoms with Crippen LogP contribution in [0.1, 0.15) is 17.2 Å². The van der Waals surface area contributed by atoms with Gasteiger partial charge in [0.2, 0.25) is 6.10 Å². The number of carbonyl (C=O) groups is 2. The smallest absolute Gasteiger partial charge is 0.331 e. The van der Waals surface area contributed by atoms with Crippen molar-refractivity contribution in [3.05, 3.63) is 114 Å². The number of aromatic nitrogens is 1. The Morgan fingerprint density at radius 3 is 2.44 bits per heavy atom. The Hall–Kier alpha value is -4.32. The summed E-state index contributed by atoms with van der Waals surface area (Å²) in [6.07, 6.45) is 3.38. The van der Waals surface area contributed by atoms with Crippen LogP contribution in [0.3, 0.4) is 0 Å². The van der Waals surface area contributed by atoms with Gasteiger partial charge < -0.3 is 10.1 Å². The summed E-state index contributed by atoms with van der Waals surface area (Å²) in [6.45, 7) is 0. The van der Waals surface area contributed by atoms with Gasteiger partial charge in [0.25, 0.3) is 5.91 Å². The molecule has 0 spiro atoms. The van der Waals surface area contributed by atoms with E-state index in [2.05, 4.69) is 10.3 Å². The van der Waals surface area contributed by atoms with Crippen molar-refractivity contribution in [1.82, 2.24) is 4.98 Å². The van der Waals surface area contributed by atoms with Gasteiger partial charge in [-0.2, -0.15) is 0 Å². The first-order chi connectivity index (χ1) is 15.6. The van der Waals surface area contributed by atoms with Crippen LogP contribution in [0.2, 0.25) is 0 Å². The van der Waals surface area contributed by atoms with Crippen LogP contribution >= 0.6 is 0 Å². The first kappa shape index (κ1) is 20.9. The summed E-state index contributed by atoms with van der Waals surface area (Å²) in [4.78, 5) is 29.8. The van der Waals surface area contributed by atoms with Crippen molar-refractivity contribution in [2.75, 3.05) is 5.32 Å². The van der Waals surface area contributed by atoms with Crippen LogP contribution in [0, 0.1) is 5.82 Å². The van der Waals surface area contributed by atoms with Crippen molar-refractivity contribution in [2.45, 2.75) is 6.10 Å². The maximum absolute atomic E-state index is 13.1. The number of hydrogen-bond donors (Lipinski definition) is 1. The zero-order valence-corrected chi connectivity index (χ0v) is 16.9. The van der Waals surface area contributed by atoms with Gasteiger partial charge in [-0.1, -0.05) is 54.6 Å². The van der Waals surface area contributed by atoms with Crippen LogP contribution in [0.5, 0.6) is 0 Å². The van der Waals surface area contributed by atoms with Gasteiger partial charge in [0, 0.05) is 34.5 Å². The number of pyridine rings is 1. The Balaban J connectivity index is 1.54. The molecule has 1 unspecified atom stereocenters. The van der Waals surface area contributed by atoms with E-state index >= 15 is 0 Å². The molecule has 0 aliphatic heterocycles. The van der Waals surface area contributed by atoms with Crippen LogP contribution in [0.15, 0.2) is 97.2 Å². The minimum absolute atomic E-state index is 0.394. The first-order valence-corrected chi connectivity index (χ1v) is 9.94. The monoisotopic (exact) mass is 426 g/mol. The number of anilines is 1. The second kappa shape index (κ2) is 9.66.